The van der Waals surface area contributed by atoms with Crippen LogP contribution in [0, 0.1) is 0 Å². The van der Waals surface area contributed by atoms with E-state index >= 15 is 0 Å². The highest BCUT2D eigenvalue weighted by atomic mass is 127. The smallest absolute Gasteiger partial charge is 0.191 e. The fourth-order valence-corrected chi connectivity index (χ4v) is 1.81. The van der Waals surface area contributed by atoms with Gasteiger partial charge in [0.1, 0.15) is 0 Å². The summed E-state index contributed by atoms with van der Waals surface area (Å²) < 4.78 is 0. The van der Waals surface area contributed by atoms with Gasteiger partial charge in [0.05, 0.1) is 0 Å². The van der Waals surface area contributed by atoms with Crippen molar-refractivity contribution >= 4 is 41.7 Å². The second-order valence-corrected chi connectivity index (χ2v) is 4.95. The van der Waals surface area contributed by atoms with E-state index < -0.39 is 0 Å². The lowest BCUT2D eigenvalue weighted by atomic mass is 10.2. The second kappa shape index (κ2) is 9.49. The van der Waals surface area contributed by atoms with E-state index in [1.807, 2.05) is 0 Å². The first-order valence-corrected chi connectivity index (χ1v) is 6.98. The van der Waals surface area contributed by atoms with Gasteiger partial charge in [-0.2, -0.15) is 0 Å². The van der Waals surface area contributed by atoms with Crippen molar-refractivity contribution in [3.05, 3.63) is 29.8 Å². The fraction of sp³-hybridized carbons (Fsp3) is 0.462. The maximum absolute atomic E-state index is 4.17. The first-order chi connectivity index (χ1) is 8.15. The molecule has 0 spiro atoms. The molecule has 0 saturated carbocycles. The van der Waals surface area contributed by atoms with Crippen molar-refractivity contribution in [2.75, 3.05) is 13.3 Å². The predicted molar refractivity (Wildman–Crippen MR) is 92.1 cm³/mol. The van der Waals surface area contributed by atoms with Gasteiger partial charge in [-0.05, 0) is 37.8 Å². The molecular formula is C13H22IN3S. The number of rotatable bonds is 4. The Balaban J connectivity index is 0.00000289. The first kappa shape index (κ1) is 17.6. The maximum atomic E-state index is 4.17. The van der Waals surface area contributed by atoms with Crippen LogP contribution in [0.1, 0.15) is 19.4 Å². The topological polar surface area (TPSA) is 36.4 Å². The van der Waals surface area contributed by atoms with E-state index in [0.717, 1.165) is 12.5 Å². The normalized spacial score (nSPS) is 11.1. The van der Waals surface area contributed by atoms with Gasteiger partial charge in [0.15, 0.2) is 5.96 Å². The Labute approximate surface area is 131 Å². The van der Waals surface area contributed by atoms with Crippen LogP contribution in [-0.2, 0) is 6.54 Å². The average molecular weight is 379 g/mol. The summed E-state index contributed by atoms with van der Waals surface area (Å²) in [6, 6.07) is 8.95. The monoisotopic (exact) mass is 379 g/mol. The van der Waals surface area contributed by atoms with Crippen LogP contribution in [0.2, 0.25) is 0 Å². The number of hydrogen-bond donors (Lipinski definition) is 2. The Morgan fingerprint density at radius 3 is 2.33 bits per heavy atom. The van der Waals surface area contributed by atoms with Gasteiger partial charge in [-0.25, -0.2) is 0 Å². The quantitative estimate of drug-likeness (QED) is 0.365. The predicted octanol–water partition coefficient (Wildman–Crippen LogP) is 3.10. The van der Waals surface area contributed by atoms with Crippen LogP contribution in [0.4, 0.5) is 0 Å². The summed E-state index contributed by atoms with van der Waals surface area (Å²) in [5.74, 6) is 0.842. The van der Waals surface area contributed by atoms with Gasteiger partial charge < -0.3 is 10.6 Å². The standard InChI is InChI=1S/C13H21N3S.HI/c1-10(2)16-13(14-3)15-9-11-5-7-12(17-4)8-6-11;/h5-8,10H,9H2,1-4H3,(H2,14,15,16);1H. The Bertz CT molecular complexity index is 363. The summed E-state index contributed by atoms with van der Waals surface area (Å²) in [7, 11) is 1.79. The molecule has 0 aliphatic heterocycles. The van der Waals surface area contributed by atoms with Crippen LogP contribution < -0.4 is 10.6 Å². The number of aliphatic imine (C=N–C) groups is 1. The Morgan fingerprint density at radius 1 is 1.28 bits per heavy atom. The van der Waals surface area contributed by atoms with Crippen molar-refractivity contribution < 1.29 is 0 Å². The van der Waals surface area contributed by atoms with Gasteiger partial charge in [-0.1, -0.05) is 12.1 Å². The molecule has 0 saturated heterocycles. The summed E-state index contributed by atoms with van der Waals surface area (Å²) >= 11 is 1.76. The molecule has 0 heterocycles. The molecule has 0 aliphatic carbocycles. The molecule has 0 aromatic heterocycles. The minimum absolute atomic E-state index is 0. The number of thioether (sulfide) groups is 1. The Morgan fingerprint density at radius 2 is 1.89 bits per heavy atom. The lowest BCUT2D eigenvalue weighted by molar-refractivity contribution is 0.699. The highest BCUT2D eigenvalue weighted by Crippen LogP contribution is 2.14. The molecule has 1 rings (SSSR count). The van der Waals surface area contributed by atoms with Crippen molar-refractivity contribution in [2.24, 2.45) is 4.99 Å². The number of guanidine groups is 1. The molecule has 18 heavy (non-hydrogen) atoms. The van der Waals surface area contributed by atoms with Crippen molar-refractivity contribution in [1.82, 2.24) is 10.6 Å². The minimum atomic E-state index is 0. The third-order valence-electron chi connectivity index (χ3n) is 2.27. The molecular weight excluding hydrogens is 357 g/mol. The highest BCUT2D eigenvalue weighted by molar-refractivity contribution is 14.0. The molecule has 5 heteroatoms. The molecule has 0 amide bonds. The van der Waals surface area contributed by atoms with Crippen molar-refractivity contribution in [3.8, 4) is 0 Å². The molecule has 0 unspecified atom stereocenters. The molecule has 2 N–H and O–H groups in total. The molecule has 0 atom stereocenters. The van der Waals surface area contributed by atoms with E-state index in [4.69, 9.17) is 0 Å². The van der Waals surface area contributed by atoms with Crippen molar-refractivity contribution in [1.29, 1.82) is 0 Å². The SMILES string of the molecule is CN=C(NCc1ccc(SC)cc1)NC(C)C.I. The minimum Gasteiger partial charge on any atom is -0.354 e. The highest BCUT2D eigenvalue weighted by Gasteiger charge is 2.00. The second-order valence-electron chi connectivity index (χ2n) is 4.07. The van der Waals surface area contributed by atoms with E-state index in [9.17, 15) is 0 Å². The molecule has 1 aromatic carbocycles. The molecule has 0 radical (unpaired) electrons. The van der Waals surface area contributed by atoms with Gasteiger partial charge in [-0.3, -0.25) is 4.99 Å². The Hall–Kier alpha value is -0.430. The molecule has 0 fully saturated rings. The largest absolute Gasteiger partial charge is 0.354 e. The van der Waals surface area contributed by atoms with Crippen LogP contribution in [0.5, 0.6) is 0 Å². The molecule has 0 bridgehead atoms. The van der Waals surface area contributed by atoms with Crippen LogP contribution in [0.3, 0.4) is 0 Å². The van der Waals surface area contributed by atoms with E-state index in [0.29, 0.717) is 6.04 Å². The molecule has 3 nitrogen and oxygen atoms in total. The zero-order valence-electron chi connectivity index (χ0n) is 11.4. The number of nitrogens with one attached hydrogen (secondary N) is 2. The molecule has 102 valence electrons. The summed E-state index contributed by atoms with van der Waals surface area (Å²) in [6.07, 6.45) is 2.08. The van der Waals surface area contributed by atoms with E-state index in [1.165, 1.54) is 10.5 Å². The number of nitrogens with zero attached hydrogens (tertiary/aromatic N) is 1. The van der Waals surface area contributed by atoms with Crippen LogP contribution in [-0.4, -0.2) is 25.3 Å². The van der Waals surface area contributed by atoms with E-state index in [2.05, 4.69) is 60.0 Å². The van der Waals surface area contributed by atoms with Gasteiger partial charge in [0.25, 0.3) is 0 Å². The average Bonchev–Trinajstić information content (AvgIpc) is 2.34. The number of hydrogen-bond acceptors (Lipinski definition) is 2. The number of benzene rings is 1. The van der Waals surface area contributed by atoms with E-state index in [1.54, 1.807) is 18.8 Å². The summed E-state index contributed by atoms with van der Waals surface area (Å²) in [4.78, 5) is 5.46. The van der Waals surface area contributed by atoms with Crippen LogP contribution >= 0.6 is 35.7 Å². The first-order valence-electron chi connectivity index (χ1n) is 5.76. The fourth-order valence-electron chi connectivity index (χ4n) is 1.40. The number of halogens is 1. The zero-order chi connectivity index (χ0) is 12.7. The van der Waals surface area contributed by atoms with Gasteiger partial charge >= 0.3 is 0 Å². The van der Waals surface area contributed by atoms with Gasteiger partial charge in [-0.15, -0.1) is 35.7 Å². The molecule has 1 aromatic rings. The third-order valence-corrected chi connectivity index (χ3v) is 3.01. The Kier molecular flexibility index (Phi) is 9.27. The zero-order valence-corrected chi connectivity index (χ0v) is 14.5. The molecule has 0 aliphatic rings. The van der Waals surface area contributed by atoms with Gasteiger partial charge in [0.2, 0.25) is 0 Å². The summed E-state index contributed by atoms with van der Waals surface area (Å²) in [5.41, 5.74) is 1.26. The van der Waals surface area contributed by atoms with Crippen LogP contribution in [0.15, 0.2) is 34.2 Å². The van der Waals surface area contributed by atoms with Crippen molar-refractivity contribution in [2.45, 2.75) is 31.3 Å². The summed E-state index contributed by atoms with van der Waals surface area (Å²) in [5, 5.41) is 6.54. The van der Waals surface area contributed by atoms with Gasteiger partial charge in [0, 0.05) is 24.5 Å². The maximum Gasteiger partial charge on any atom is 0.191 e. The lowest BCUT2D eigenvalue weighted by Crippen LogP contribution is -2.40. The lowest BCUT2D eigenvalue weighted by Gasteiger charge is -2.14. The van der Waals surface area contributed by atoms with Crippen molar-refractivity contribution in [3.63, 3.8) is 0 Å². The third kappa shape index (κ3) is 6.49. The van der Waals surface area contributed by atoms with Crippen LogP contribution in [0.25, 0.3) is 0 Å². The van der Waals surface area contributed by atoms with E-state index in [-0.39, 0.29) is 24.0 Å². The summed E-state index contributed by atoms with van der Waals surface area (Å²) in [6.45, 7) is 4.99.